The van der Waals surface area contributed by atoms with Crippen molar-refractivity contribution in [3.05, 3.63) is 59.4 Å². The maximum Gasteiger partial charge on any atom is 0.161 e. The summed E-state index contributed by atoms with van der Waals surface area (Å²) in [6.45, 7) is 2.13. The molecule has 0 radical (unpaired) electrons. The molecule has 0 saturated carbocycles. The summed E-state index contributed by atoms with van der Waals surface area (Å²) in [7, 11) is 0. The average Bonchev–Trinajstić information content (AvgIpc) is 2.46. The van der Waals surface area contributed by atoms with Gasteiger partial charge >= 0.3 is 0 Å². The maximum absolute atomic E-state index is 6.10. The summed E-state index contributed by atoms with van der Waals surface area (Å²) in [5, 5.41) is 2.91. The predicted molar refractivity (Wildman–Crippen MR) is 84.0 cm³/mol. The van der Waals surface area contributed by atoms with Gasteiger partial charge in [-0.3, -0.25) is 0 Å². The zero-order valence-corrected chi connectivity index (χ0v) is 12.1. The lowest BCUT2D eigenvalue weighted by Crippen LogP contribution is -1.96. The molecule has 1 heterocycles. The van der Waals surface area contributed by atoms with Crippen LogP contribution in [0.4, 0.5) is 0 Å². The molecule has 0 bridgehead atoms. The van der Waals surface area contributed by atoms with Crippen molar-refractivity contribution in [2.45, 2.75) is 19.8 Å². The van der Waals surface area contributed by atoms with Gasteiger partial charge in [0.05, 0.1) is 0 Å². The quantitative estimate of drug-likeness (QED) is 0.638. The molecule has 2 aromatic carbocycles. The first-order valence-corrected chi connectivity index (χ1v) is 7.16. The van der Waals surface area contributed by atoms with Crippen LogP contribution in [0.1, 0.15) is 19.0 Å². The smallest absolute Gasteiger partial charge is 0.161 e. The second kappa shape index (κ2) is 5.59. The number of hydrogen-bond donors (Lipinski definition) is 0. The van der Waals surface area contributed by atoms with E-state index in [-0.39, 0.29) is 0 Å². The van der Waals surface area contributed by atoms with E-state index >= 15 is 0 Å². The van der Waals surface area contributed by atoms with Crippen LogP contribution in [0.15, 0.2) is 48.5 Å². The van der Waals surface area contributed by atoms with Gasteiger partial charge in [0.1, 0.15) is 5.15 Å². The van der Waals surface area contributed by atoms with Gasteiger partial charge in [0.2, 0.25) is 0 Å². The molecular weight excluding hydrogens is 268 g/mol. The van der Waals surface area contributed by atoms with Crippen LogP contribution >= 0.6 is 11.6 Å². The average molecular weight is 283 g/mol. The number of benzene rings is 2. The normalized spacial score (nSPS) is 10.9. The highest BCUT2D eigenvalue weighted by Gasteiger charge is 2.06. The molecule has 3 rings (SSSR count). The Morgan fingerprint density at radius 2 is 1.75 bits per heavy atom. The Kier molecular flexibility index (Phi) is 3.66. The van der Waals surface area contributed by atoms with Crippen LogP contribution in [0.3, 0.4) is 0 Å². The van der Waals surface area contributed by atoms with E-state index in [0.29, 0.717) is 11.0 Å². The van der Waals surface area contributed by atoms with Gasteiger partial charge in [-0.05, 0) is 29.3 Å². The molecule has 0 aliphatic rings. The van der Waals surface area contributed by atoms with Gasteiger partial charge < -0.3 is 0 Å². The minimum atomic E-state index is 0.506. The maximum atomic E-state index is 6.10. The molecule has 0 N–H and O–H groups in total. The highest BCUT2D eigenvalue weighted by molar-refractivity contribution is 6.29. The van der Waals surface area contributed by atoms with E-state index in [4.69, 9.17) is 11.6 Å². The molecule has 0 aliphatic heterocycles. The Bertz CT molecular complexity index is 753. The molecule has 0 saturated heterocycles. The van der Waals surface area contributed by atoms with Crippen molar-refractivity contribution in [2.24, 2.45) is 0 Å². The third kappa shape index (κ3) is 2.66. The summed E-state index contributed by atoms with van der Waals surface area (Å²) < 4.78 is 0. The van der Waals surface area contributed by atoms with Gasteiger partial charge in [0.15, 0.2) is 5.82 Å². The first kappa shape index (κ1) is 13.1. The molecule has 20 heavy (non-hydrogen) atoms. The molecule has 3 aromatic rings. The lowest BCUT2D eigenvalue weighted by atomic mass is 10.1. The predicted octanol–water partition coefficient (Wildman–Crippen LogP) is 4.90. The molecule has 0 spiro atoms. The second-order valence-electron chi connectivity index (χ2n) is 4.82. The molecular formula is C17H15ClN2. The molecule has 0 fully saturated rings. The second-order valence-corrected chi connectivity index (χ2v) is 5.20. The first-order chi connectivity index (χ1) is 9.76. The van der Waals surface area contributed by atoms with Gasteiger partial charge in [0.25, 0.3) is 0 Å². The van der Waals surface area contributed by atoms with E-state index in [0.717, 1.165) is 24.1 Å². The van der Waals surface area contributed by atoms with Crippen LogP contribution in [-0.2, 0) is 6.42 Å². The summed E-state index contributed by atoms with van der Waals surface area (Å²) in [5.41, 5.74) is 2.00. The van der Waals surface area contributed by atoms with Crippen LogP contribution in [0, 0.1) is 0 Å². The fourth-order valence-corrected chi connectivity index (χ4v) is 2.51. The van der Waals surface area contributed by atoms with Crippen LogP contribution in [0.2, 0.25) is 5.15 Å². The van der Waals surface area contributed by atoms with E-state index in [1.54, 1.807) is 0 Å². The summed E-state index contributed by atoms with van der Waals surface area (Å²) in [4.78, 5) is 8.95. The Hall–Kier alpha value is -1.93. The van der Waals surface area contributed by atoms with Crippen molar-refractivity contribution in [2.75, 3.05) is 0 Å². The number of fused-ring (bicyclic) bond motifs is 1. The first-order valence-electron chi connectivity index (χ1n) is 6.79. The van der Waals surface area contributed by atoms with Crippen molar-refractivity contribution >= 4 is 22.4 Å². The topological polar surface area (TPSA) is 25.8 Å². The minimum Gasteiger partial charge on any atom is -0.233 e. The summed E-state index contributed by atoms with van der Waals surface area (Å²) in [5.74, 6) is 0.701. The number of nitrogens with zero attached hydrogens (tertiary/aromatic N) is 2. The van der Waals surface area contributed by atoms with Crippen LogP contribution in [0.25, 0.3) is 22.2 Å². The third-order valence-electron chi connectivity index (χ3n) is 3.26. The van der Waals surface area contributed by atoms with Crippen molar-refractivity contribution in [1.82, 2.24) is 9.97 Å². The van der Waals surface area contributed by atoms with Crippen LogP contribution in [0.5, 0.6) is 0 Å². The lowest BCUT2D eigenvalue weighted by Gasteiger charge is -2.06. The zero-order valence-electron chi connectivity index (χ0n) is 11.3. The number of halogens is 1. The number of aromatic nitrogens is 2. The zero-order chi connectivity index (χ0) is 13.9. The SMILES string of the molecule is CCCc1cc(Cl)nc(-c2ccc3ccccc3c2)n1. The lowest BCUT2D eigenvalue weighted by molar-refractivity contribution is 0.875. The molecule has 2 nitrogen and oxygen atoms in total. The highest BCUT2D eigenvalue weighted by Crippen LogP contribution is 2.23. The molecule has 0 atom stereocenters. The van der Waals surface area contributed by atoms with Crippen molar-refractivity contribution in [3.63, 3.8) is 0 Å². The van der Waals surface area contributed by atoms with E-state index in [9.17, 15) is 0 Å². The van der Waals surface area contributed by atoms with Gasteiger partial charge in [-0.25, -0.2) is 9.97 Å². The van der Waals surface area contributed by atoms with E-state index in [1.165, 1.54) is 10.8 Å². The third-order valence-corrected chi connectivity index (χ3v) is 3.46. The van der Waals surface area contributed by atoms with Crippen molar-refractivity contribution in [3.8, 4) is 11.4 Å². The monoisotopic (exact) mass is 282 g/mol. The Morgan fingerprint density at radius 1 is 0.950 bits per heavy atom. The Labute approximate surface area is 123 Å². The molecule has 100 valence electrons. The van der Waals surface area contributed by atoms with E-state index in [1.807, 2.05) is 24.3 Å². The largest absolute Gasteiger partial charge is 0.233 e. The number of rotatable bonds is 3. The van der Waals surface area contributed by atoms with Crippen molar-refractivity contribution < 1.29 is 0 Å². The van der Waals surface area contributed by atoms with Crippen LogP contribution < -0.4 is 0 Å². The van der Waals surface area contributed by atoms with Gasteiger partial charge in [-0.15, -0.1) is 0 Å². The van der Waals surface area contributed by atoms with Crippen LogP contribution in [-0.4, -0.2) is 9.97 Å². The molecule has 0 aliphatic carbocycles. The van der Waals surface area contributed by atoms with Gasteiger partial charge in [-0.2, -0.15) is 0 Å². The van der Waals surface area contributed by atoms with Gasteiger partial charge in [-0.1, -0.05) is 61.3 Å². The Balaban J connectivity index is 2.10. The molecule has 3 heteroatoms. The van der Waals surface area contributed by atoms with Gasteiger partial charge in [0, 0.05) is 11.3 Å². The Morgan fingerprint density at radius 3 is 2.55 bits per heavy atom. The summed E-state index contributed by atoms with van der Waals surface area (Å²) in [6, 6.07) is 16.4. The molecule has 1 aromatic heterocycles. The van der Waals surface area contributed by atoms with E-state index in [2.05, 4.69) is 41.2 Å². The summed E-state index contributed by atoms with van der Waals surface area (Å²) in [6.07, 6.45) is 1.97. The number of aryl methyl sites for hydroxylation is 1. The van der Waals surface area contributed by atoms with E-state index < -0.39 is 0 Å². The number of hydrogen-bond acceptors (Lipinski definition) is 2. The highest BCUT2D eigenvalue weighted by atomic mass is 35.5. The summed E-state index contributed by atoms with van der Waals surface area (Å²) >= 11 is 6.10. The fraction of sp³-hybridized carbons (Fsp3) is 0.176. The molecule has 0 amide bonds. The fourth-order valence-electron chi connectivity index (χ4n) is 2.31. The standard InChI is InChI=1S/C17H15ClN2/c1-2-5-15-11-16(18)20-17(19-15)14-9-8-12-6-3-4-7-13(12)10-14/h3-4,6-11H,2,5H2,1H3. The van der Waals surface area contributed by atoms with Crippen molar-refractivity contribution in [1.29, 1.82) is 0 Å². The minimum absolute atomic E-state index is 0.506. The molecule has 0 unspecified atom stereocenters.